The number of aliphatic hydroxyl groups is 1. The van der Waals surface area contributed by atoms with E-state index in [1.807, 2.05) is 0 Å². The summed E-state index contributed by atoms with van der Waals surface area (Å²) in [5.41, 5.74) is 1.16. The van der Waals surface area contributed by atoms with Crippen LogP contribution in [0.2, 0.25) is 0 Å². The van der Waals surface area contributed by atoms with Gasteiger partial charge in [-0.05, 0) is 19.8 Å². The zero-order valence-electron chi connectivity index (χ0n) is 9.42. The van der Waals surface area contributed by atoms with Crippen LogP contribution < -0.4 is 10.9 Å². The molecule has 1 aliphatic carbocycles. The number of nitrogens with zero attached hydrogens (tertiary/aromatic N) is 1. The zero-order chi connectivity index (χ0) is 11.5. The third-order valence-electron chi connectivity index (χ3n) is 2.77. The summed E-state index contributed by atoms with van der Waals surface area (Å²) in [5.74, 6) is 0.677. The summed E-state index contributed by atoms with van der Waals surface area (Å²) in [6.45, 7) is 2.40. The van der Waals surface area contributed by atoms with Gasteiger partial charge in [0.1, 0.15) is 5.82 Å². The van der Waals surface area contributed by atoms with Crippen molar-refractivity contribution in [3.63, 3.8) is 0 Å². The smallest absolute Gasteiger partial charge is 0.254 e. The third-order valence-corrected chi connectivity index (χ3v) is 2.77. The van der Waals surface area contributed by atoms with Gasteiger partial charge in [-0.25, -0.2) is 4.98 Å². The number of hydrogen-bond donors (Lipinski definition) is 3. The van der Waals surface area contributed by atoms with Crippen LogP contribution in [0.4, 0.5) is 0 Å². The third kappa shape index (κ3) is 2.68. The lowest BCUT2D eigenvalue weighted by Gasteiger charge is -2.06. The molecule has 1 saturated carbocycles. The van der Waals surface area contributed by atoms with Crippen molar-refractivity contribution in [1.82, 2.24) is 15.3 Å². The van der Waals surface area contributed by atoms with E-state index in [-0.39, 0.29) is 12.2 Å². The maximum Gasteiger partial charge on any atom is 0.254 e. The van der Waals surface area contributed by atoms with E-state index in [0.717, 1.165) is 0 Å². The Kier molecular flexibility index (Phi) is 3.36. The van der Waals surface area contributed by atoms with Crippen LogP contribution in [0.1, 0.15) is 29.9 Å². The van der Waals surface area contributed by atoms with E-state index in [0.29, 0.717) is 36.1 Å². The molecule has 0 amide bonds. The quantitative estimate of drug-likeness (QED) is 0.649. The summed E-state index contributed by atoms with van der Waals surface area (Å²) in [4.78, 5) is 18.7. The molecule has 0 spiro atoms. The number of hydrogen-bond acceptors (Lipinski definition) is 4. The molecule has 5 heteroatoms. The van der Waals surface area contributed by atoms with Crippen molar-refractivity contribution in [2.45, 2.75) is 38.8 Å². The first-order valence-corrected chi connectivity index (χ1v) is 5.63. The van der Waals surface area contributed by atoms with Crippen LogP contribution in [0.5, 0.6) is 0 Å². The topological polar surface area (TPSA) is 78.0 Å². The van der Waals surface area contributed by atoms with Gasteiger partial charge in [-0.3, -0.25) is 4.79 Å². The van der Waals surface area contributed by atoms with Crippen LogP contribution in [0.15, 0.2) is 4.79 Å². The average Bonchev–Trinajstić information content (AvgIpc) is 3.04. The van der Waals surface area contributed by atoms with E-state index >= 15 is 0 Å². The van der Waals surface area contributed by atoms with Gasteiger partial charge in [0.05, 0.1) is 6.54 Å². The number of H-pyrrole nitrogens is 1. The van der Waals surface area contributed by atoms with E-state index in [2.05, 4.69) is 15.3 Å². The summed E-state index contributed by atoms with van der Waals surface area (Å²) in [6.07, 6.45) is 2.79. The molecule has 0 unspecified atom stereocenters. The molecule has 1 aliphatic rings. The van der Waals surface area contributed by atoms with Crippen LogP contribution in [0.3, 0.4) is 0 Å². The monoisotopic (exact) mass is 223 g/mol. The summed E-state index contributed by atoms with van der Waals surface area (Å²) < 4.78 is 0. The predicted molar refractivity (Wildman–Crippen MR) is 60.2 cm³/mol. The average molecular weight is 223 g/mol. The van der Waals surface area contributed by atoms with Gasteiger partial charge < -0.3 is 15.4 Å². The highest BCUT2D eigenvalue weighted by Gasteiger charge is 2.20. The van der Waals surface area contributed by atoms with Gasteiger partial charge in [0.15, 0.2) is 0 Å². The van der Waals surface area contributed by atoms with Crippen LogP contribution >= 0.6 is 0 Å². The molecule has 88 valence electrons. The number of aromatic amines is 1. The Hall–Kier alpha value is -1.20. The lowest BCUT2D eigenvalue weighted by molar-refractivity contribution is 0.298. The number of aryl methyl sites for hydroxylation is 1. The molecule has 0 bridgehead atoms. The summed E-state index contributed by atoms with van der Waals surface area (Å²) in [5, 5.41) is 12.1. The predicted octanol–water partition coefficient (Wildman–Crippen LogP) is -0.135. The maximum absolute atomic E-state index is 11.7. The van der Waals surface area contributed by atoms with Crippen molar-refractivity contribution in [3.05, 3.63) is 27.4 Å². The SMILES string of the molecule is Cc1nc(CNC2CC2)[nH]c(=O)c1CCO. The van der Waals surface area contributed by atoms with Crippen LogP contribution in [0.25, 0.3) is 0 Å². The first-order valence-electron chi connectivity index (χ1n) is 5.63. The number of aliphatic hydroxyl groups excluding tert-OH is 1. The second-order valence-electron chi connectivity index (χ2n) is 4.21. The fraction of sp³-hybridized carbons (Fsp3) is 0.636. The number of rotatable bonds is 5. The van der Waals surface area contributed by atoms with E-state index in [4.69, 9.17) is 5.11 Å². The Morgan fingerprint density at radius 3 is 2.88 bits per heavy atom. The van der Waals surface area contributed by atoms with Gasteiger partial charge in [-0.2, -0.15) is 0 Å². The van der Waals surface area contributed by atoms with Crippen molar-refractivity contribution in [2.75, 3.05) is 6.61 Å². The molecule has 1 heterocycles. The Morgan fingerprint density at radius 1 is 1.56 bits per heavy atom. The van der Waals surface area contributed by atoms with Gasteiger partial charge in [0, 0.05) is 30.3 Å². The van der Waals surface area contributed by atoms with E-state index in [1.54, 1.807) is 6.92 Å². The van der Waals surface area contributed by atoms with E-state index in [9.17, 15) is 4.79 Å². The second kappa shape index (κ2) is 4.76. The molecule has 16 heavy (non-hydrogen) atoms. The van der Waals surface area contributed by atoms with Crippen molar-refractivity contribution >= 4 is 0 Å². The van der Waals surface area contributed by atoms with Gasteiger partial charge in [-0.1, -0.05) is 0 Å². The molecule has 1 aromatic heterocycles. The summed E-state index contributed by atoms with van der Waals surface area (Å²) >= 11 is 0. The van der Waals surface area contributed by atoms with Gasteiger partial charge in [0.2, 0.25) is 0 Å². The first kappa shape index (κ1) is 11.3. The molecular weight excluding hydrogens is 206 g/mol. The number of aromatic nitrogens is 2. The van der Waals surface area contributed by atoms with Crippen molar-refractivity contribution in [1.29, 1.82) is 0 Å². The van der Waals surface area contributed by atoms with Gasteiger partial charge >= 0.3 is 0 Å². The molecule has 0 aromatic carbocycles. The highest BCUT2D eigenvalue weighted by molar-refractivity contribution is 5.16. The highest BCUT2D eigenvalue weighted by Crippen LogP contribution is 2.18. The van der Waals surface area contributed by atoms with E-state index in [1.165, 1.54) is 12.8 Å². The molecular formula is C11H17N3O2. The Balaban J connectivity index is 2.11. The summed E-state index contributed by atoms with van der Waals surface area (Å²) in [6, 6.07) is 0.600. The molecule has 1 aromatic rings. The minimum atomic E-state index is -0.130. The molecule has 0 atom stereocenters. The standard InChI is InChI=1S/C11H17N3O2/c1-7-9(4-5-15)11(16)14-10(13-7)6-12-8-2-3-8/h8,12,15H,2-6H2,1H3,(H,13,14,16). The van der Waals surface area contributed by atoms with Crippen molar-refractivity contribution in [2.24, 2.45) is 0 Å². The first-order chi connectivity index (χ1) is 7.70. The second-order valence-corrected chi connectivity index (χ2v) is 4.21. The Bertz CT molecular complexity index is 424. The maximum atomic E-state index is 11.7. The minimum absolute atomic E-state index is 0.0225. The van der Waals surface area contributed by atoms with Gasteiger partial charge in [-0.15, -0.1) is 0 Å². The lowest BCUT2D eigenvalue weighted by Crippen LogP contribution is -2.24. The molecule has 1 fully saturated rings. The molecule has 0 aliphatic heterocycles. The Morgan fingerprint density at radius 2 is 2.31 bits per heavy atom. The molecule has 0 radical (unpaired) electrons. The Labute approximate surface area is 93.9 Å². The highest BCUT2D eigenvalue weighted by atomic mass is 16.3. The normalized spacial score (nSPS) is 15.4. The van der Waals surface area contributed by atoms with Gasteiger partial charge in [0.25, 0.3) is 5.56 Å². The van der Waals surface area contributed by atoms with E-state index < -0.39 is 0 Å². The lowest BCUT2D eigenvalue weighted by atomic mass is 10.2. The van der Waals surface area contributed by atoms with Crippen LogP contribution in [-0.4, -0.2) is 27.7 Å². The minimum Gasteiger partial charge on any atom is -0.396 e. The molecule has 3 N–H and O–H groups in total. The molecule has 2 rings (SSSR count). The van der Waals surface area contributed by atoms with Crippen molar-refractivity contribution in [3.8, 4) is 0 Å². The van der Waals surface area contributed by atoms with Crippen LogP contribution in [0, 0.1) is 6.92 Å². The number of nitrogens with one attached hydrogen (secondary N) is 2. The fourth-order valence-corrected chi connectivity index (χ4v) is 1.69. The molecule has 0 saturated heterocycles. The largest absolute Gasteiger partial charge is 0.396 e. The fourth-order valence-electron chi connectivity index (χ4n) is 1.69. The van der Waals surface area contributed by atoms with Crippen LogP contribution in [-0.2, 0) is 13.0 Å². The molecule has 5 nitrogen and oxygen atoms in total. The van der Waals surface area contributed by atoms with Crippen molar-refractivity contribution < 1.29 is 5.11 Å². The zero-order valence-corrected chi connectivity index (χ0v) is 9.42. The summed E-state index contributed by atoms with van der Waals surface area (Å²) in [7, 11) is 0.